The Kier molecular flexibility index (Phi) is 5.24. The average molecular weight is 186 g/mol. The molecule has 1 atom stereocenters. The molecule has 0 saturated carbocycles. The molecule has 0 rings (SSSR count). The summed E-state index contributed by atoms with van der Waals surface area (Å²) < 4.78 is 39.5. The van der Waals surface area contributed by atoms with Crippen molar-refractivity contribution in [3.63, 3.8) is 0 Å². The van der Waals surface area contributed by atoms with E-state index in [1.807, 2.05) is 6.92 Å². The van der Waals surface area contributed by atoms with Crippen LogP contribution in [0.15, 0.2) is 0 Å². The van der Waals surface area contributed by atoms with E-state index in [9.17, 15) is 13.2 Å². The number of ether oxygens (including phenoxy) is 1. The van der Waals surface area contributed by atoms with Gasteiger partial charge in [0.2, 0.25) is 0 Å². The topological polar surface area (TPSA) is 29.5 Å². The molecule has 0 saturated heterocycles. The number of rotatable bonds is 5. The van der Waals surface area contributed by atoms with Crippen molar-refractivity contribution < 1.29 is 23.0 Å². The number of hydrogen-bond donors (Lipinski definition) is 1. The molecule has 0 aliphatic rings. The summed E-state index contributed by atoms with van der Waals surface area (Å²) in [5, 5.41) is 8.77. The minimum atomic E-state index is -4.31. The molecule has 2 nitrogen and oxygen atoms in total. The van der Waals surface area contributed by atoms with Gasteiger partial charge < -0.3 is 9.84 Å². The van der Waals surface area contributed by atoms with E-state index in [4.69, 9.17) is 9.84 Å². The highest BCUT2D eigenvalue weighted by Gasteiger charge is 2.30. The molecule has 0 radical (unpaired) electrons. The van der Waals surface area contributed by atoms with Gasteiger partial charge >= 0.3 is 6.18 Å². The van der Waals surface area contributed by atoms with Crippen LogP contribution in [-0.2, 0) is 4.74 Å². The van der Waals surface area contributed by atoms with Gasteiger partial charge in [-0.1, -0.05) is 6.92 Å². The maximum Gasteiger partial charge on any atom is 0.391 e. The summed E-state index contributed by atoms with van der Waals surface area (Å²) in [6.07, 6.45) is -6.21. The molecule has 5 heteroatoms. The quantitative estimate of drug-likeness (QED) is 0.662. The Morgan fingerprint density at radius 1 is 1.42 bits per heavy atom. The van der Waals surface area contributed by atoms with Gasteiger partial charge in [-0.3, -0.25) is 0 Å². The number of halogens is 3. The minimum Gasteiger partial charge on any atom is -0.390 e. The molecule has 0 aliphatic heterocycles. The van der Waals surface area contributed by atoms with Crippen LogP contribution in [0.5, 0.6) is 0 Å². The van der Waals surface area contributed by atoms with E-state index >= 15 is 0 Å². The lowest BCUT2D eigenvalue weighted by molar-refractivity contribution is -0.159. The summed E-state index contributed by atoms with van der Waals surface area (Å²) >= 11 is 0. The fraction of sp³-hybridized carbons (Fsp3) is 1.00. The molecule has 0 aromatic carbocycles. The summed E-state index contributed by atoms with van der Waals surface area (Å²) in [5.74, 6) is 0. The van der Waals surface area contributed by atoms with E-state index in [0.717, 1.165) is 6.42 Å². The maximum absolute atomic E-state index is 11.6. The molecule has 0 amide bonds. The van der Waals surface area contributed by atoms with E-state index in [1.165, 1.54) is 0 Å². The van der Waals surface area contributed by atoms with Crippen LogP contribution in [0.3, 0.4) is 0 Å². The molecule has 1 unspecified atom stereocenters. The fourth-order valence-electron chi connectivity index (χ4n) is 0.690. The number of hydrogen-bond acceptors (Lipinski definition) is 2. The normalized spacial score (nSPS) is 14.8. The zero-order chi connectivity index (χ0) is 9.61. The van der Waals surface area contributed by atoms with Crippen molar-refractivity contribution in [2.75, 3.05) is 13.2 Å². The Bertz CT molecular complexity index is 114. The van der Waals surface area contributed by atoms with E-state index in [2.05, 4.69) is 0 Å². The van der Waals surface area contributed by atoms with Gasteiger partial charge in [-0.15, -0.1) is 0 Å². The molecule has 74 valence electrons. The van der Waals surface area contributed by atoms with Crippen LogP contribution < -0.4 is 0 Å². The van der Waals surface area contributed by atoms with Gasteiger partial charge in [0, 0.05) is 6.61 Å². The van der Waals surface area contributed by atoms with Crippen LogP contribution in [-0.4, -0.2) is 30.6 Å². The summed E-state index contributed by atoms with van der Waals surface area (Å²) in [4.78, 5) is 0. The van der Waals surface area contributed by atoms with Gasteiger partial charge in [0.05, 0.1) is 19.1 Å². The van der Waals surface area contributed by atoms with Crippen LogP contribution in [0.4, 0.5) is 13.2 Å². The Balaban J connectivity index is 3.40. The maximum atomic E-state index is 11.6. The van der Waals surface area contributed by atoms with Gasteiger partial charge in [-0.2, -0.15) is 13.2 Å². The summed E-state index contributed by atoms with van der Waals surface area (Å²) in [6, 6.07) is 0. The highest BCUT2D eigenvalue weighted by molar-refractivity contribution is 4.60. The van der Waals surface area contributed by atoms with Crippen molar-refractivity contribution in [3.8, 4) is 0 Å². The van der Waals surface area contributed by atoms with Crippen molar-refractivity contribution >= 4 is 0 Å². The third-order valence-corrected chi connectivity index (χ3v) is 1.13. The van der Waals surface area contributed by atoms with E-state index in [0.29, 0.717) is 6.61 Å². The van der Waals surface area contributed by atoms with Gasteiger partial charge in [-0.05, 0) is 6.42 Å². The molecule has 0 fully saturated rings. The molecular weight excluding hydrogens is 173 g/mol. The first-order valence-electron chi connectivity index (χ1n) is 3.78. The molecule has 1 N–H and O–H groups in total. The lowest BCUT2D eigenvalue weighted by Gasteiger charge is -2.12. The van der Waals surface area contributed by atoms with Crippen LogP contribution in [0.2, 0.25) is 0 Å². The molecule has 0 spiro atoms. The summed E-state index contributed by atoms with van der Waals surface area (Å²) in [5.41, 5.74) is 0. The van der Waals surface area contributed by atoms with Gasteiger partial charge in [0.25, 0.3) is 0 Å². The predicted molar refractivity (Wildman–Crippen MR) is 37.8 cm³/mol. The molecule has 0 aromatic rings. The van der Waals surface area contributed by atoms with Crippen LogP contribution in [0.1, 0.15) is 19.8 Å². The van der Waals surface area contributed by atoms with Gasteiger partial charge in [0.15, 0.2) is 0 Å². The lowest BCUT2D eigenvalue weighted by Crippen LogP contribution is -2.23. The Morgan fingerprint density at radius 3 is 2.42 bits per heavy atom. The molecule has 0 bridgehead atoms. The molecule has 0 aromatic heterocycles. The van der Waals surface area contributed by atoms with Crippen molar-refractivity contribution in [2.24, 2.45) is 0 Å². The average Bonchev–Trinajstić information content (AvgIpc) is 1.84. The zero-order valence-electron chi connectivity index (χ0n) is 6.90. The van der Waals surface area contributed by atoms with Crippen molar-refractivity contribution in [3.05, 3.63) is 0 Å². The Labute approximate surface area is 69.3 Å². The fourth-order valence-corrected chi connectivity index (χ4v) is 0.690. The van der Waals surface area contributed by atoms with Crippen LogP contribution in [0.25, 0.3) is 0 Å². The number of alkyl halides is 3. The third-order valence-electron chi connectivity index (χ3n) is 1.13. The van der Waals surface area contributed by atoms with Crippen molar-refractivity contribution in [1.29, 1.82) is 0 Å². The molecule has 0 heterocycles. The zero-order valence-corrected chi connectivity index (χ0v) is 6.90. The SMILES string of the molecule is CCCOCC(O)CC(F)(F)F. The van der Waals surface area contributed by atoms with Crippen LogP contribution in [0, 0.1) is 0 Å². The standard InChI is InChI=1S/C7H13F3O2/c1-2-3-12-5-6(11)4-7(8,9)10/h6,11H,2-5H2,1H3. The third kappa shape index (κ3) is 7.81. The Hall–Kier alpha value is -0.290. The largest absolute Gasteiger partial charge is 0.391 e. The van der Waals surface area contributed by atoms with Gasteiger partial charge in [0.1, 0.15) is 0 Å². The monoisotopic (exact) mass is 186 g/mol. The van der Waals surface area contributed by atoms with E-state index < -0.39 is 18.7 Å². The first-order chi connectivity index (χ1) is 5.45. The first kappa shape index (κ1) is 11.7. The molecular formula is C7H13F3O2. The number of aliphatic hydroxyl groups is 1. The number of aliphatic hydroxyl groups excluding tert-OH is 1. The van der Waals surface area contributed by atoms with Crippen molar-refractivity contribution in [2.45, 2.75) is 32.0 Å². The van der Waals surface area contributed by atoms with E-state index in [-0.39, 0.29) is 6.61 Å². The minimum absolute atomic E-state index is 0.243. The molecule has 12 heavy (non-hydrogen) atoms. The summed E-state index contributed by atoms with van der Waals surface area (Å²) in [6.45, 7) is 1.98. The lowest BCUT2D eigenvalue weighted by atomic mass is 10.2. The summed E-state index contributed by atoms with van der Waals surface area (Å²) in [7, 11) is 0. The second-order valence-corrected chi connectivity index (χ2v) is 2.55. The van der Waals surface area contributed by atoms with Crippen LogP contribution >= 0.6 is 0 Å². The molecule has 0 aliphatic carbocycles. The first-order valence-corrected chi connectivity index (χ1v) is 3.78. The smallest absolute Gasteiger partial charge is 0.390 e. The Morgan fingerprint density at radius 2 is 2.00 bits per heavy atom. The highest BCUT2D eigenvalue weighted by atomic mass is 19.4. The van der Waals surface area contributed by atoms with Gasteiger partial charge in [-0.25, -0.2) is 0 Å². The second-order valence-electron chi connectivity index (χ2n) is 2.55. The highest BCUT2D eigenvalue weighted by Crippen LogP contribution is 2.21. The predicted octanol–water partition coefficient (Wildman–Crippen LogP) is 1.73. The second kappa shape index (κ2) is 5.37. The van der Waals surface area contributed by atoms with Crippen molar-refractivity contribution in [1.82, 2.24) is 0 Å². The van der Waals surface area contributed by atoms with E-state index in [1.54, 1.807) is 0 Å².